The van der Waals surface area contributed by atoms with Crippen molar-refractivity contribution in [2.45, 2.75) is 42.5 Å². The van der Waals surface area contributed by atoms with Crippen LogP contribution in [0.25, 0.3) is 11.1 Å². The predicted molar refractivity (Wildman–Crippen MR) is 152 cm³/mol. The fraction of sp³-hybridized carbons (Fsp3) is 0.367. The lowest BCUT2D eigenvalue weighted by Crippen LogP contribution is -2.46. The van der Waals surface area contributed by atoms with E-state index in [1.807, 2.05) is 48.2 Å². The van der Waals surface area contributed by atoms with Crippen molar-refractivity contribution in [2.75, 3.05) is 36.8 Å². The van der Waals surface area contributed by atoms with Gasteiger partial charge in [-0.3, -0.25) is 4.79 Å². The van der Waals surface area contributed by atoms with Crippen molar-refractivity contribution in [3.63, 3.8) is 0 Å². The van der Waals surface area contributed by atoms with E-state index < -0.39 is 0 Å². The van der Waals surface area contributed by atoms with Gasteiger partial charge < -0.3 is 9.80 Å². The van der Waals surface area contributed by atoms with Crippen LogP contribution in [-0.2, 0) is 0 Å². The summed E-state index contributed by atoms with van der Waals surface area (Å²) in [6.07, 6.45) is 3.97. The molecule has 1 fully saturated rings. The zero-order valence-electron chi connectivity index (χ0n) is 20.3. The van der Waals surface area contributed by atoms with Gasteiger partial charge in [0.1, 0.15) is 0 Å². The molecule has 0 spiro atoms. The fourth-order valence-corrected chi connectivity index (χ4v) is 7.48. The van der Waals surface area contributed by atoms with Crippen LogP contribution in [0.4, 0.5) is 5.69 Å². The average Bonchev–Trinajstić information content (AvgIpc) is 3.05. The van der Waals surface area contributed by atoms with Gasteiger partial charge in [-0.2, -0.15) is 0 Å². The SMILES string of the molecule is O=C(CCCN1CC[C@@H]2[C@H](C1)c1cccc3c1N2CCCS3)c1ccc(-c2ccc(Cl)c(Cl)c2)cc1. The van der Waals surface area contributed by atoms with E-state index in [0.29, 0.717) is 28.4 Å². The number of halogens is 2. The Balaban J connectivity index is 1.05. The number of ketones is 1. The molecule has 0 saturated carbocycles. The molecule has 6 rings (SSSR count). The van der Waals surface area contributed by atoms with Crippen molar-refractivity contribution in [3.05, 3.63) is 81.8 Å². The molecule has 0 aromatic heterocycles. The van der Waals surface area contributed by atoms with Crippen LogP contribution < -0.4 is 4.90 Å². The van der Waals surface area contributed by atoms with Gasteiger partial charge in [-0.25, -0.2) is 0 Å². The zero-order chi connectivity index (χ0) is 24.6. The molecule has 6 heteroatoms. The molecule has 0 unspecified atom stereocenters. The number of Topliss-reactive ketones (excluding diaryl/α,β-unsaturated/α-hetero) is 1. The number of anilines is 1. The van der Waals surface area contributed by atoms with Crippen LogP contribution in [-0.4, -0.2) is 48.7 Å². The molecule has 186 valence electrons. The molecule has 0 aliphatic carbocycles. The number of para-hydroxylation sites is 1. The van der Waals surface area contributed by atoms with Crippen LogP contribution >= 0.6 is 35.0 Å². The minimum atomic E-state index is 0.215. The molecule has 3 aromatic rings. The summed E-state index contributed by atoms with van der Waals surface area (Å²) in [4.78, 5) is 19.6. The number of carbonyl (C=O) groups is 1. The molecule has 3 heterocycles. The molecule has 0 amide bonds. The van der Waals surface area contributed by atoms with Crippen LogP contribution in [0.2, 0.25) is 10.0 Å². The first-order chi connectivity index (χ1) is 17.6. The number of hydrogen-bond acceptors (Lipinski definition) is 4. The largest absolute Gasteiger partial charge is 0.367 e. The summed E-state index contributed by atoms with van der Waals surface area (Å²) in [5, 5.41) is 1.08. The number of hydrogen-bond donors (Lipinski definition) is 0. The van der Waals surface area contributed by atoms with Gasteiger partial charge in [0.05, 0.1) is 15.7 Å². The minimum Gasteiger partial charge on any atom is -0.367 e. The first kappa shape index (κ1) is 24.4. The first-order valence-corrected chi connectivity index (χ1v) is 14.7. The van der Waals surface area contributed by atoms with Crippen LogP contribution in [0.3, 0.4) is 0 Å². The number of thioether (sulfide) groups is 1. The second-order valence-corrected chi connectivity index (χ2v) is 12.0. The maximum atomic E-state index is 12.9. The highest BCUT2D eigenvalue weighted by molar-refractivity contribution is 7.99. The lowest BCUT2D eigenvalue weighted by atomic mass is 9.89. The number of rotatable bonds is 6. The third kappa shape index (κ3) is 4.69. The quantitative estimate of drug-likeness (QED) is 0.300. The Morgan fingerprint density at radius 3 is 2.64 bits per heavy atom. The van der Waals surface area contributed by atoms with Gasteiger partial charge in [0, 0.05) is 48.5 Å². The van der Waals surface area contributed by atoms with Crippen LogP contribution in [0.5, 0.6) is 0 Å². The number of nitrogens with zero attached hydrogens (tertiary/aromatic N) is 2. The smallest absolute Gasteiger partial charge is 0.162 e. The highest BCUT2D eigenvalue weighted by Crippen LogP contribution is 2.50. The molecule has 3 aromatic carbocycles. The second kappa shape index (κ2) is 10.4. The third-order valence-corrected chi connectivity index (χ3v) is 9.79. The van der Waals surface area contributed by atoms with Gasteiger partial charge >= 0.3 is 0 Å². The molecule has 2 atom stereocenters. The van der Waals surface area contributed by atoms with Crippen LogP contribution in [0, 0.1) is 0 Å². The summed E-state index contributed by atoms with van der Waals surface area (Å²) in [7, 11) is 0. The molecule has 3 aliphatic heterocycles. The van der Waals surface area contributed by atoms with Gasteiger partial charge in [-0.05, 0) is 66.4 Å². The van der Waals surface area contributed by atoms with E-state index in [9.17, 15) is 4.79 Å². The standard InChI is InChI=1S/C30H30Cl2N2OS/c31-25-12-11-22(18-26(25)32)20-7-9-21(10-8-20)28(35)5-2-14-33-16-13-27-24(19-33)23-4-1-6-29-30(23)34(27)15-3-17-36-29/h1,4,6-12,18,24,27H,2-3,5,13-17,19H2/t24-,27-/m1/s1. The Morgan fingerprint density at radius 2 is 1.81 bits per heavy atom. The topological polar surface area (TPSA) is 23.6 Å². The van der Waals surface area contributed by atoms with Crippen LogP contribution in [0.1, 0.15) is 47.5 Å². The maximum absolute atomic E-state index is 12.9. The van der Waals surface area contributed by atoms with E-state index in [-0.39, 0.29) is 5.78 Å². The van der Waals surface area contributed by atoms with E-state index in [1.165, 1.54) is 35.7 Å². The zero-order valence-corrected chi connectivity index (χ0v) is 22.6. The van der Waals surface area contributed by atoms with E-state index in [2.05, 4.69) is 28.0 Å². The maximum Gasteiger partial charge on any atom is 0.162 e. The van der Waals surface area contributed by atoms with Gasteiger partial charge in [0.2, 0.25) is 0 Å². The van der Waals surface area contributed by atoms with Crippen molar-refractivity contribution in [1.29, 1.82) is 0 Å². The van der Waals surface area contributed by atoms with E-state index >= 15 is 0 Å². The van der Waals surface area contributed by atoms with Gasteiger partial charge in [0.25, 0.3) is 0 Å². The second-order valence-electron chi connectivity index (χ2n) is 10.1. The molecule has 3 nitrogen and oxygen atoms in total. The summed E-state index contributed by atoms with van der Waals surface area (Å²) < 4.78 is 0. The highest BCUT2D eigenvalue weighted by atomic mass is 35.5. The Labute approximate surface area is 227 Å². The molecule has 0 bridgehead atoms. The molecule has 36 heavy (non-hydrogen) atoms. The highest BCUT2D eigenvalue weighted by Gasteiger charge is 2.43. The summed E-state index contributed by atoms with van der Waals surface area (Å²) in [5.41, 5.74) is 5.87. The van der Waals surface area contributed by atoms with Crippen LogP contribution in [0.15, 0.2) is 65.6 Å². The summed E-state index contributed by atoms with van der Waals surface area (Å²) in [6, 6.07) is 21.0. The number of piperidine rings is 1. The van der Waals surface area contributed by atoms with Crippen molar-refractivity contribution in [1.82, 2.24) is 4.90 Å². The number of likely N-dealkylation sites (tertiary alicyclic amines) is 1. The molecule has 0 radical (unpaired) electrons. The van der Waals surface area contributed by atoms with E-state index in [4.69, 9.17) is 23.2 Å². The van der Waals surface area contributed by atoms with Crippen molar-refractivity contribution in [2.24, 2.45) is 0 Å². The summed E-state index contributed by atoms with van der Waals surface area (Å²) >= 11 is 14.2. The first-order valence-electron chi connectivity index (χ1n) is 12.9. The minimum absolute atomic E-state index is 0.215. The van der Waals surface area contributed by atoms with Crippen molar-refractivity contribution in [3.8, 4) is 11.1 Å². The molecule has 0 N–H and O–H groups in total. The third-order valence-electron chi connectivity index (χ3n) is 7.92. The monoisotopic (exact) mass is 536 g/mol. The normalized spacial score (nSPS) is 21.1. The Morgan fingerprint density at radius 1 is 0.972 bits per heavy atom. The van der Waals surface area contributed by atoms with Gasteiger partial charge in [-0.15, -0.1) is 11.8 Å². The number of benzene rings is 3. The number of fused-ring (bicyclic) bond motifs is 3. The predicted octanol–water partition coefficient (Wildman–Crippen LogP) is 7.80. The average molecular weight is 538 g/mol. The lowest BCUT2D eigenvalue weighted by molar-refractivity contribution is 0.0971. The fourth-order valence-electron chi connectivity index (χ4n) is 6.14. The van der Waals surface area contributed by atoms with Crippen molar-refractivity contribution < 1.29 is 4.79 Å². The van der Waals surface area contributed by atoms with E-state index in [1.54, 1.807) is 11.6 Å². The Bertz CT molecular complexity index is 1280. The summed E-state index contributed by atoms with van der Waals surface area (Å²) in [5.74, 6) is 2.03. The molecule has 3 aliphatic rings. The molecular weight excluding hydrogens is 507 g/mol. The summed E-state index contributed by atoms with van der Waals surface area (Å²) in [6.45, 7) is 4.41. The van der Waals surface area contributed by atoms with Gasteiger partial charge in [0.15, 0.2) is 5.78 Å². The van der Waals surface area contributed by atoms with Crippen molar-refractivity contribution >= 4 is 46.4 Å². The molecule has 1 saturated heterocycles. The van der Waals surface area contributed by atoms with E-state index in [0.717, 1.165) is 42.7 Å². The lowest BCUT2D eigenvalue weighted by Gasteiger charge is -2.39. The molecular formula is C30H30Cl2N2OS. The number of carbonyl (C=O) groups excluding carboxylic acids is 1. The Kier molecular flexibility index (Phi) is 7.05. The Hall–Kier alpha value is -1.98. The van der Waals surface area contributed by atoms with Gasteiger partial charge in [-0.1, -0.05) is 65.7 Å².